The second-order valence-electron chi connectivity index (χ2n) is 2.75. The number of hydrogen-bond acceptors (Lipinski definition) is 3. The summed E-state index contributed by atoms with van der Waals surface area (Å²) in [5, 5.41) is 7.00. The van der Waals surface area contributed by atoms with Crippen LogP contribution < -0.4 is 11.5 Å². The van der Waals surface area contributed by atoms with Gasteiger partial charge >= 0.3 is 0 Å². The van der Waals surface area contributed by atoms with Gasteiger partial charge in [0.15, 0.2) is 0 Å². The monoisotopic (exact) mass is 197 g/mol. The molecule has 0 fully saturated rings. The number of nitrogens with two attached hydrogens (primary N) is 1. The summed E-state index contributed by atoms with van der Waals surface area (Å²) in [7, 11) is 1.00. The number of rotatable bonds is 3. The van der Waals surface area contributed by atoms with Gasteiger partial charge in [-0.2, -0.15) is 0 Å². The van der Waals surface area contributed by atoms with Crippen LogP contribution >= 0.6 is 0 Å². The highest BCUT2D eigenvalue weighted by molar-refractivity contribution is 5.51. The van der Waals surface area contributed by atoms with E-state index in [1.165, 1.54) is 0 Å². The molecule has 1 aromatic carbocycles. The van der Waals surface area contributed by atoms with Crippen molar-refractivity contribution in [3.05, 3.63) is 29.8 Å². The van der Waals surface area contributed by atoms with Crippen LogP contribution in [0.3, 0.4) is 0 Å². The fourth-order valence-electron chi connectivity index (χ4n) is 1.00. The number of quaternary nitrogens is 1. The van der Waals surface area contributed by atoms with Gasteiger partial charge in [0.2, 0.25) is 0 Å². The van der Waals surface area contributed by atoms with E-state index < -0.39 is 0 Å². The highest BCUT2D eigenvalue weighted by Crippen LogP contribution is 2.13. The minimum atomic E-state index is -0.178. The lowest BCUT2D eigenvalue weighted by atomic mass is 10.1. The van der Waals surface area contributed by atoms with Gasteiger partial charge < -0.3 is 21.4 Å². The zero-order valence-corrected chi connectivity index (χ0v) is 8.31. The molecule has 0 heterocycles. The van der Waals surface area contributed by atoms with E-state index in [4.69, 9.17) is 10.8 Å². The minimum Gasteiger partial charge on any atom is -0.400 e. The van der Waals surface area contributed by atoms with Crippen molar-refractivity contribution < 1.29 is 15.6 Å². The molecule has 0 amide bonds. The number of benzene rings is 1. The lowest BCUT2D eigenvalue weighted by Gasteiger charge is -2.06. The number of hydrogen-bond donors (Lipinski definition) is 3. The largest absolute Gasteiger partial charge is 0.400 e. The quantitative estimate of drug-likeness (QED) is 0.584. The van der Waals surface area contributed by atoms with Crippen LogP contribution in [0.2, 0.25) is 0 Å². The molecule has 0 bridgehead atoms. The first-order chi connectivity index (χ1) is 6.74. The van der Waals surface area contributed by atoms with Gasteiger partial charge in [0.05, 0.1) is 0 Å². The standard InChI is InChI=1S/C9H12N2O.CH4O/c10-8-3-1-7(2-4-8)9(11)5-6-12;1-2/h1-4,6,9H,5,10-11H2;2H,1H3/p+1. The van der Waals surface area contributed by atoms with Crippen LogP contribution in [0.1, 0.15) is 18.0 Å². The van der Waals surface area contributed by atoms with E-state index in [2.05, 4.69) is 5.73 Å². The molecule has 78 valence electrons. The minimum absolute atomic E-state index is 0.178. The SMILES string of the molecule is CO.NC(CC=O)c1ccc([NH3+])cc1. The molecule has 0 saturated carbocycles. The van der Waals surface area contributed by atoms with E-state index in [0.717, 1.165) is 24.6 Å². The Labute approximate surface area is 83.5 Å². The summed E-state index contributed by atoms with van der Waals surface area (Å²) in [4.78, 5) is 10.2. The van der Waals surface area contributed by atoms with Crippen LogP contribution in [0.25, 0.3) is 0 Å². The summed E-state index contributed by atoms with van der Waals surface area (Å²) in [6.07, 6.45) is 1.21. The van der Waals surface area contributed by atoms with E-state index in [9.17, 15) is 4.79 Å². The second-order valence-corrected chi connectivity index (χ2v) is 2.75. The molecule has 0 aliphatic heterocycles. The molecular weight excluding hydrogens is 180 g/mol. The zero-order valence-electron chi connectivity index (χ0n) is 8.31. The van der Waals surface area contributed by atoms with E-state index in [0.29, 0.717) is 6.42 Å². The van der Waals surface area contributed by atoms with Crippen LogP contribution in [-0.2, 0) is 4.79 Å². The van der Waals surface area contributed by atoms with E-state index in [-0.39, 0.29) is 6.04 Å². The van der Waals surface area contributed by atoms with Crippen LogP contribution in [0, 0.1) is 0 Å². The molecule has 0 saturated heterocycles. The number of aliphatic hydroxyl groups is 1. The van der Waals surface area contributed by atoms with Crippen LogP contribution in [0.5, 0.6) is 0 Å². The van der Waals surface area contributed by atoms with E-state index >= 15 is 0 Å². The third kappa shape index (κ3) is 4.13. The molecule has 1 rings (SSSR count). The highest BCUT2D eigenvalue weighted by atomic mass is 16.2. The molecular formula is C10H17N2O2+. The predicted octanol–water partition coefficient (Wildman–Crippen LogP) is -0.243. The van der Waals surface area contributed by atoms with Gasteiger partial charge in [-0.25, -0.2) is 0 Å². The highest BCUT2D eigenvalue weighted by Gasteiger charge is 2.03. The van der Waals surface area contributed by atoms with Crippen molar-refractivity contribution in [2.24, 2.45) is 5.73 Å². The molecule has 0 spiro atoms. The molecule has 1 unspecified atom stereocenters. The van der Waals surface area contributed by atoms with Gasteiger partial charge in [-0.3, -0.25) is 0 Å². The molecule has 4 heteroatoms. The molecule has 1 atom stereocenters. The first-order valence-electron chi connectivity index (χ1n) is 4.30. The summed E-state index contributed by atoms with van der Waals surface area (Å²) >= 11 is 0. The number of carbonyl (C=O) groups is 1. The Morgan fingerprint density at radius 3 is 2.36 bits per heavy atom. The number of aldehydes is 1. The average molecular weight is 197 g/mol. The Kier molecular flexibility index (Phi) is 6.57. The van der Waals surface area contributed by atoms with Crippen molar-refractivity contribution in [1.82, 2.24) is 0 Å². The van der Waals surface area contributed by atoms with Gasteiger partial charge in [0.1, 0.15) is 12.0 Å². The smallest absolute Gasteiger partial charge is 0.127 e. The topological polar surface area (TPSA) is 91.0 Å². The molecule has 0 aromatic heterocycles. The number of carbonyl (C=O) groups excluding carboxylic acids is 1. The average Bonchev–Trinajstić information content (AvgIpc) is 2.22. The Hall–Kier alpha value is -1.23. The van der Waals surface area contributed by atoms with Crippen molar-refractivity contribution in [3.63, 3.8) is 0 Å². The normalized spacial score (nSPS) is 11.1. The fraction of sp³-hybridized carbons (Fsp3) is 0.300. The molecule has 4 nitrogen and oxygen atoms in total. The molecule has 14 heavy (non-hydrogen) atoms. The van der Waals surface area contributed by atoms with Gasteiger partial charge in [0, 0.05) is 19.6 Å². The Bertz CT molecular complexity index is 259. The summed E-state index contributed by atoms with van der Waals surface area (Å²) in [6, 6.07) is 7.40. The Morgan fingerprint density at radius 2 is 1.93 bits per heavy atom. The summed E-state index contributed by atoms with van der Waals surface area (Å²) in [5.74, 6) is 0. The first kappa shape index (κ1) is 12.8. The van der Waals surface area contributed by atoms with Crippen LogP contribution in [-0.4, -0.2) is 18.5 Å². The summed E-state index contributed by atoms with van der Waals surface area (Å²) in [6.45, 7) is 0. The van der Waals surface area contributed by atoms with Crippen molar-refractivity contribution >= 4 is 12.0 Å². The molecule has 0 radical (unpaired) electrons. The molecule has 0 aliphatic rings. The maximum atomic E-state index is 10.2. The van der Waals surface area contributed by atoms with Crippen LogP contribution in [0.15, 0.2) is 24.3 Å². The van der Waals surface area contributed by atoms with Gasteiger partial charge in [0.25, 0.3) is 0 Å². The summed E-state index contributed by atoms with van der Waals surface area (Å²) < 4.78 is 0. The van der Waals surface area contributed by atoms with Crippen molar-refractivity contribution in [1.29, 1.82) is 0 Å². The van der Waals surface area contributed by atoms with Crippen molar-refractivity contribution in [3.8, 4) is 0 Å². The maximum absolute atomic E-state index is 10.2. The summed E-state index contributed by atoms with van der Waals surface area (Å²) in [5.41, 5.74) is 11.4. The predicted molar refractivity (Wildman–Crippen MR) is 54.7 cm³/mol. The third-order valence-electron chi connectivity index (χ3n) is 1.76. The lowest BCUT2D eigenvalue weighted by molar-refractivity contribution is -0.254. The Balaban J connectivity index is 0.000000791. The van der Waals surface area contributed by atoms with Gasteiger partial charge in [-0.05, 0) is 17.7 Å². The van der Waals surface area contributed by atoms with Crippen molar-refractivity contribution in [2.75, 3.05) is 7.11 Å². The maximum Gasteiger partial charge on any atom is 0.127 e. The van der Waals surface area contributed by atoms with E-state index in [1.807, 2.05) is 24.3 Å². The first-order valence-corrected chi connectivity index (χ1v) is 4.30. The fourth-order valence-corrected chi connectivity index (χ4v) is 1.00. The van der Waals surface area contributed by atoms with Crippen molar-refractivity contribution in [2.45, 2.75) is 12.5 Å². The lowest BCUT2D eigenvalue weighted by Crippen LogP contribution is -2.39. The Morgan fingerprint density at radius 1 is 1.43 bits per heavy atom. The van der Waals surface area contributed by atoms with Gasteiger partial charge in [-0.1, -0.05) is 12.1 Å². The third-order valence-corrected chi connectivity index (χ3v) is 1.76. The van der Waals surface area contributed by atoms with Gasteiger partial charge in [-0.15, -0.1) is 0 Å². The van der Waals surface area contributed by atoms with E-state index in [1.54, 1.807) is 0 Å². The molecule has 6 N–H and O–H groups in total. The van der Waals surface area contributed by atoms with Crippen LogP contribution in [0.4, 0.5) is 5.69 Å². The number of aliphatic hydroxyl groups excluding tert-OH is 1. The zero-order chi connectivity index (χ0) is 11.0. The molecule has 1 aromatic rings. The molecule has 0 aliphatic carbocycles. The second kappa shape index (κ2) is 7.20.